The number of carbonyl (C=O) groups is 3. The number of carboxylic acid groups (broad SMARTS) is 1. The predicted molar refractivity (Wildman–Crippen MR) is 80.9 cm³/mol. The number of fused-ring (bicyclic) bond motifs is 1. The second-order valence-corrected chi connectivity index (χ2v) is 6.52. The van der Waals surface area contributed by atoms with Crippen molar-refractivity contribution >= 4 is 35.1 Å². The fourth-order valence-corrected chi connectivity index (χ4v) is 3.66. The summed E-state index contributed by atoms with van der Waals surface area (Å²) in [5.41, 5.74) is 0.182. The first kappa shape index (κ1) is 15.0. The van der Waals surface area contributed by atoms with Gasteiger partial charge >= 0.3 is 5.97 Å². The summed E-state index contributed by atoms with van der Waals surface area (Å²) in [5.74, 6) is -1.75. The molecule has 116 valence electrons. The van der Waals surface area contributed by atoms with Gasteiger partial charge in [-0.1, -0.05) is 18.5 Å². The number of aromatic carboxylic acids is 1. The molecule has 1 N–H and O–H groups in total. The number of carbonyl (C=O) groups excluding carboxylic acids is 2. The Morgan fingerprint density at radius 2 is 1.91 bits per heavy atom. The molecule has 0 radical (unpaired) electrons. The second-order valence-electron chi connectivity index (χ2n) is 6.11. The Morgan fingerprint density at radius 3 is 2.59 bits per heavy atom. The zero-order chi connectivity index (χ0) is 16.0. The van der Waals surface area contributed by atoms with Gasteiger partial charge < -0.3 is 5.11 Å². The lowest BCUT2D eigenvalue weighted by molar-refractivity contribution is -0.122. The maximum atomic E-state index is 12.6. The van der Waals surface area contributed by atoms with Crippen LogP contribution in [0, 0.1) is 17.8 Å². The molecule has 2 aliphatic rings. The summed E-state index contributed by atoms with van der Waals surface area (Å²) in [6, 6.07) is 4.22. The van der Waals surface area contributed by atoms with E-state index in [0.29, 0.717) is 24.4 Å². The fourth-order valence-electron chi connectivity index (χ4n) is 3.46. The van der Waals surface area contributed by atoms with E-state index in [4.69, 9.17) is 16.7 Å². The summed E-state index contributed by atoms with van der Waals surface area (Å²) in [6.45, 7) is 2.08. The first-order chi connectivity index (χ1) is 10.4. The van der Waals surface area contributed by atoms with E-state index in [-0.39, 0.29) is 34.2 Å². The van der Waals surface area contributed by atoms with E-state index in [9.17, 15) is 14.4 Å². The molecule has 0 aromatic heterocycles. The van der Waals surface area contributed by atoms with Crippen LogP contribution in [0.1, 0.15) is 36.5 Å². The molecule has 3 rings (SSSR count). The van der Waals surface area contributed by atoms with Crippen molar-refractivity contribution in [3.8, 4) is 0 Å². The summed E-state index contributed by atoms with van der Waals surface area (Å²) in [5, 5.41) is 9.22. The molecule has 6 heteroatoms. The minimum Gasteiger partial charge on any atom is -0.478 e. The number of imide groups is 1. The van der Waals surface area contributed by atoms with Crippen LogP contribution in [0.5, 0.6) is 0 Å². The van der Waals surface area contributed by atoms with Gasteiger partial charge in [0, 0.05) is 0 Å². The largest absolute Gasteiger partial charge is 0.478 e. The summed E-state index contributed by atoms with van der Waals surface area (Å²) in [4.78, 5) is 37.4. The maximum Gasteiger partial charge on any atom is 0.337 e. The normalized spacial score (nSPS) is 27.9. The number of carboxylic acids is 1. The first-order valence-corrected chi connectivity index (χ1v) is 7.68. The van der Waals surface area contributed by atoms with Crippen molar-refractivity contribution in [1.82, 2.24) is 0 Å². The molecule has 22 heavy (non-hydrogen) atoms. The highest BCUT2D eigenvalue weighted by Gasteiger charge is 2.50. The third-order valence-corrected chi connectivity index (χ3v) is 4.96. The molecule has 1 aliphatic heterocycles. The van der Waals surface area contributed by atoms with Crippen LogP contribution in [0.25, 0.3) is 0 Å². The number of hydrogen-bond acceptors (Lipinski definition) is 3. The van der Waals surface area contributed by atoms with Crippen LogP contribution in [-0.4, -0.2) is 22.9 Å². The quantitative estimate of drug-likeness (QED) is 0.850. The van der Waals surface area contributed by atoms with Crippen LogP contribution in [0.2, 0.25) is 5.02 Å². The van der Waals surface area contributed by atoms with Gasteiger partial charge in [-0.05, 0) is 43.4 Å². The molecule has 1 aromatic carbocycles. The number of nitrogens with zero attached hydrogens (tertiary/aromatic N) is 1. The van der Waals surface area contributed by atoms with Gasteiger partial charge in [-0.25, -0.2) is 4.79 Å². The molecular formula is C16H16ClNO4. The Hall–Kier alpha value is -1.88. The molecule has 1 aromatic rings. The Morgan fingerprint density at radius 1 is 1.23 bits per heavy atom. The zero-order valence-corrected chi connectivity index (χ0v) is 12.8. The smallest absolute Gasteiger partial charge is 0.337 e. The topological polar surface area (TPSA) is 74.7 Å². The van der Waals surface area contributed by atoms with Gasteiger partial charge in [0.2, 0.25) is 11.8 Å². The molecule has 1 saturated heterocycles. The third kappa shape index (κ3) is 2.29. The van der Waals surface area contributed by atoms with Crippen molar-refractivity contribution in [3.05, 3.63) is 28.8 Å². The molecule has 1 heterocycles. The summed E-state index contributed by atoms with van der Waals surface area (Å²) < 4.78 is 0. The van der Waals surface area contributed by atoms with Crippen LogP contribution in [0.15, 0.2) is 18.2 Å². The van der Waals surface area contributed by atoms with Crippen molar-refractivity contribution in [1.29, 1.82) is 0 Å². The highest BCUT2D eigenvalue weighted by molar-refractivity contribution is 6.34. The number of amides is 2. The number of halogens is 1. The lowest BCUT2D eigenvalue weighted by atomic mass is 9.76. The van der Waals surface area contributed by atoms with Crippen molar-refractivity contribution in [3.63, 3.8) is 0 Å². The molecule has 1 saturated carbocycles. The van der Waals surface area contributed by atoms with Crippen LogP contribution in [0.3, 0.4) is 0 Å². The van der Waals surface area contributed by atoms with E-state index in [1.807, 2.05) is 0 Å². The van der Waals surface area contributed by atoms with E-state index in [2.05, 4.69) is 6.92 Å². The van der Waals surface area contributed by atoms with Crippen molar-refractivity contribution < 1.29 is 19.5 Å². The molecule has 2 fully saturated rings. The lowest BCUT2D eigenvalue weighted by Crippen LogP contribution is -2.31. The molecule has 0 unspecified atom stereocenters. The minimum absolute atomic E-state index is 0.0846. The molecule has 0 spiro atoms. The monoisotopic (exact) mass is 321 g/mol. The van der Waals surface area contributed by atoms with Gasteiger partial charge in [0.05, 0.1) is 28.1 Å². The SMILES string of the molecule is C[C@H]1CC[C@H]2C(=O)N(c3ccc(Cl)c(C(=O)O)c3)C(=O)[C@@H]2C1. The van der Waals surface area contributed by atoms with Gasteiger partial charge in [0.15, 0.2) is 0 Å². The number of anilines is 1. The molecule has 5 nitrogen and oxygen atoms in total. The highest BCUT2D eigenvalue weighted by atomic mass is 35.5. The molecule has 2 amide bonds. The number of rotatable bonds is 2. The van der Waals surface area contributed by atoms with Crippen LogP contribution < -0.4 is 4.90 Å². The van der Waals surface area contributed by atoms with E-state index in [1.54, 1.807) is 0 Å². The summed E-state index contributed by atoms with van der Waals surface area (Å²) in [7, 11) is 0. The van der Waals surface area contributed by atoms with Crippen molar-refractivity contribution in [2.75, 3.05) is 4.90 Å². The first-order valence-electron chi connectivity index (χ1n) is 7.30. The molecule has 0 bridgehead atoms. The van der Waals surface area contributed by atoms with Crippen molar-refractivity contribution in [2.45, 2.75) is 26.2 Å². The Labute approximate surface area is 132 Å². The summed E-state index contributed by atoms with van der Waals surface area (Å²) in [6.07, 6.45) is 2.37. The zero-order valence-electron chi connectivity index (χ0n) is 12.1. The average molecular weight is 322 g/mol. The van der Waals surface area contributed by atoms with Gasteiger partial charge in [-0.2, -0.15) is 0 Å². The Bertz CT molecular complexity index is 672. The molecular weight excluding hydrogens is 306 g/mol. The van der Waals surface area contributed by atoms with Crippen LogP contribution >= 0.6 is 11.6 Å². The van der Waals surface area contributed by atoms with Gasteiger partial charge in [-0.15, -0.1) is 0 Å². The van der Waals surface area contributed by atoms with E-state index in [0.717, 1.165) is 11.3 Å². The van der Waals surface area contributed by atoms with Gasteiger partial charge in [0.1, 0.15) is 0 Å². The molecule has 1 aliphatic carbocycles. The number of benzene rings is 1. The highest BCUT2D eigenvalue weighted by Crippen LogP contribution is 2.42. The van der Waals surface area contributed by atoms with Crippen molar-refractivity contribution in [2.24, 2.45) is 17.8 Å². The van der Waals surface area contributed by atoms with Gasteiger partial charge in [-0.3, -0.25) is 14.5 Å². The standard InChI is InChI=1S/C16H16ClNO4/c1-8-2-4-10-11(6-8)15(20)18(14(10)19)9-3-5-13(17)12(7-9)16(21)22/h3,5,7-8,10-11H,2,4,6H2,1H3,(H,21,22)/t8-,10+,11+/m0/s1. The Kier molecular flexibility index (Phi) is 3.68. The second kappa shape index (κ2) is 5.39. The van der Waals surface area contributed by atoms with E-state index < -0.39 is 5.97 Å². The Balaban J connectivity index is 1.98. The summed E-state index contributed by atoms with van der Waals surface area (Å²) >= 11 is 5.84. The van der Waals surface area contributed by atoms with Crippen LogP contribution in [-0.2, 0) is 9.59 Å². The third-order valence-electron chi connectivity index (χ3n) is 4.63. The van der Waals surface area contributed by atoms with E-state index in [1.165, 1.54) is 18.2 Å². The lowest BCUT2D eigenvalue weighted by Gasteiger charge is -2.25. The van der Waals surface area contributed by atoms with Gasteiger partial charge in [0.25, 0.3) is 0 Å². The van der Waals surface area contributed by atoms with Crippen LogP contribution in [0.4, 0.5) is 5.69 Å². The predicted octanol–water partition coefficient (Wildman–Crippen LogP) is 2.96. The maximum absolute atomic E-state index is 12.6. The molecule has 3 atom stereocenters. The minimum atomic E-state index is -1.18. The fraction of sp³-hybridized carbons (Fsp3) is 0.438. The number of hydrogen-bond donors (Lipinski definition) is 1. The van der Waals surface area contributed by atoms with E-state index >= 15 is 0 Å². The average Bonchev–Trinajstić information content (AvgIpc) is 2.71.